The third-order valence-electron chi connectivity index (χ3n) is 0.671. The first-order chi connectivity index (χ1) is 3.70. The Balaban J connectivity index is 2.64. The van der Waals surface area contributed by atoms with Crippen molar-refractivity contribution in [1.82, 2.24) is 10.4 Å². The predicted octanol–water partition coefficient (Wildman–Crippen LogP) is -0.292. The summed E-state index contributed by atoms with van der Waals surface area (Å²) in [6.07, 6.45) is -0.850. The van der Waals surface area contributed by atoms with Gasteiger partial charge in [-0.2, -0.15) is 5.06 Å². The topological polar surface area (TPSA) is 60.7 Å². The summed E-state index contributed by atoms with van der Waals surface area (Å²) in [4.78, 5) is 24.4. The molecule has 1 fully saturated rings. The number of amides is 3. The molecule has 43 valence electrons. The normalized spacial score (nSPS) is 18.4. The molecule has 0 saturated carbocycles. The molecule has 3 amide bonds. The van der Waals surface area contributed by atoms with Gasteiger partial charge in [0, 0.05) is 0 Å². The van der Waals surface area contributed by atoms with Gasteiger partial charge in [0.1, 0.15) is 0 Å². The van der Waals surface area contributed by atoms with E-state index in [1.165, 1.54) is 7.05 Å². The van der Waals surface area contributed by atoms with Gasteiger partial charge < -0.3 is 4.84 Å². The molecule has 5 heteroatoms. The van der Waals surface area contributed by atoms with Gasteiger partial charge >= 0.3 is 12.1 Å². The Kier molecular flexibility index (Phi) is 0.831. The van der Waals surface area contributed by atoms with E-state index in [2.05, 4.69) is 10.2 Å². The van der Waals surface area contributed by atoms with Crippen molar-refractivity contribution < 1.29 is 14.4 Å². The Morgan fingerprint density at radius 2 is 2.25 bits per heavy atom. The van der Waals surface area contributed by atoms with Crippen LogP contribution in [-0.4, -0.2) is 24.2 Å². The van der Waals surface area contributed by atoms with Gasteiger partial charge in [0.25, 0.3) is 0 Å². The fourth-order valence-electron chi connectivity index (χ4n) is 0.325. The minimum absolute atomic E-state index is 0.657. The van der Waals surface area contributed by atoms with E-state index >= 15 is 0 Å². The fraction of sp³-hybridized carbons (Fsp3) is 0.333. The van der Waals surface area contributed by atoms with E-state index in [0.29, 0.717) is 0 Å². The molecule has 1 saturated heterocycles. The Hall–Kier alpha value is -1.26. The van der Waals surface area contributed by atoms with Crippen LogP contribution in [0.4, 0.5) is 9.59 Å². The van der Waals surface area contributed by atoms with Crippen molar-refractivity contribution in [3.63, 3.8) is 0 Å². The highest BCUT2D eigenvalue weighted by Crippen LogP contribution is 1.97. The Labute approximate surface area is 45.2 Å². The largest absolute Gasteiger partial charge is 0.463 e. The number of hydrogen-bond acceptors (Lipinski definition) is 3. The van der Waals surface area contributed by atoms with Crippen molar-refractivity contribution in [3.05, 3.63) is 0 Å². The van der Waals surface area contributed by atoms with Gasteiger partial charge in [-0.05, 0) is 0 Å². The van der Waals surface area contributed by atoms with E-state index in [4.69, 9.17) is 0 Å². The third kappa shape index (κ3) is 0.575. The van der Waals surface area contributed by atoms with Crippen LogP contribution in [0, 0.1) is 0 Å². The zero-order valence-corrected chi connectivity index (χ0v) is 4.12. The van der Waals surface area contributed by atoms with Crippen LogP contribution in [0.15, 0.2) is 0 Å². The molecule has 0 spiro atoms. The van der Waals surface area contributed by atoms with Crippen molar-refractivity contribution in [2.75, 3.05) is 7.05 Å². The summed E-state index contributed by atoms with van der Waals surface area (Å²) in [5, 5.41) is 3.66. The summed E-state index contributed by atoms with van der Waals surface area (Å²) in [7, 11) is 1.32. The molecule has 0 aliphatic carbocycles. The number of imide groups is 1. The van der Waals surface area contributed by atoms with Gasteiger partial charge in [-0.25, -0.2) is 9.59 Å². The highest BCUT2D eigenvalue weighted by Gasteiger charge is 2.27. The Morgan fingerprint density at radius 1 is 1.62 bits per heavy atom. The molecule has 0 aromatic heterocycles. The minimum atomic E-state index is -0.850. The minimum Gasteiger partial charge on any atom is -0.316 e. The smallest absolute Gasteiger partial charge is 0.316 e. The second kappa shape index (κ2) is 1.36. The number of hydrogen-bond donors (Lipinski definition) is 0. The zero-order chi connectivity index (χ0) is 6.15. The molecule has 0 N–H and O–H groups in total. The number of carbonyl (C=O) groups excluding carboxylic acids is 2. The number of urea groups is 1. The summed E-state index contributed by atoms with van der Waals surface area (Å²) in [5.41, 5.74) is 0. The van der Waals surface area contributed by atoms with Crippen LogP contribution in [0.25, 0.3) is 0 Å². The number of rotatable bonds is 0. The number of hydroxylamine groups is 2. The lowest BCUT2D eigenvalue weighted by Crippen LogP contribution is -2.18. The second-order valence-corrected chi connectivity index (χ2v) is 1.25. The highest BCUT2D eigenvalue weighted by molar-refractivity contribution is 5.93. The highest BCUT2D eigenvalue weighted by atomic mass is 16.7. The molecule has 0 aromatic carbocycles. The predicted molar refractivity (Wildman–Crippen MR) is 21.8 cm³/mol. The van der Waals surface area contributed by atoms with Crippen molar-refractivity contribution in [1.29, 1.82) is 0 Å². The molecule has 0 aromatic rings. The Morgan fingerprint density at radius 3 is 2.38 bits per heavy atom. The van der Waals surface area contributed by atoms with E-state index in [1.54, 1.807) is 0 Å². The molecular weight excluding hydrogens is 112 g/mol. The van der Waals surface area contributed by atoms with Crippen LogP contribution < -0.4 is 5.32 Å². The van der Waals surface area contributed by atoms with Crippen molar-refractivity contribution >= 4 is 12.1 Å². The van der Waals surface area contributed by atoms with Gasteiger partial charge in [-0.3, -0.25) is 0 Å². The summed E-state index contributed by atoms with van der Waals surface area (Å²) < 4.78 is 0. The van der Waals surface area contributed by atoms with Crippen LogP contribution in [0.5, 0.6) is 0 Å². The van der Waals surface area contributed by atoms with E-state index in [9.17, 15) is 9.59 Å². The molecule has 0 bridgehead atoms. The summed E-state index contributed by atoms with van der Waals surface area (Å²) in [5.74, 6) is 0. The van der Waals surface area contributed by atoms with Crippen molar-refractivity contribution in [2.24, 2.45) is 0 Å². The first-order valence-electron chi connectivity index (χ1n) is 1.91. The zero-order valence-electron chi connectivity index (χ0n) is 4.12. The summed E-state index contributed by atoms with van der Waals surface area (Å²) in [6.45, 7) is 0. The number of nitrogens with zero attached hydrogens (tertiary/aromatic N) is 2. The maximum absolute atomic E-state index is 10.2. The first kappa shape index (κ1) is 4.89. The van der Waals surface area contributed by atoms with E-state index in [0.717, 1.165) is 5.06 Å². The molecule has 1 heterocycles. The van der Waals surface area contributed by atoms with Crippen molar-refractivity contribution in [3.8, 4) is 0 Å². The van der Waals surface area contributed by atoms with Gasteiger partial charge in [0.15, 0.2) is 0 Å². The molecule has 1 aliphatic rings. The maximum atomic E-state index is 10.2. The van der Waals surface area contributed by atoms with Crippen LogP contribution in [0.2, 0.25) is 0 Å². The molecule has 8 heavy (non-hydrogen) atoms. The maximum Gasteiger partial charge on any atom is 0.463 e. The third-order valence-corrected chi connectivity index (χ3v) is 0.671. The lowest BCUT2D eigenvalue weighted by molar-refractivity contribution is -0.00529. The quantitative estimate of drug-likeness (QED) is 0.435. The van der Waals surface area contributed by atoms with Crippen LogP contribution in [0.3, 0.4) is 0 Å². The second-order valence-electron chi connectivity index (χ2n) is 1.25. The monoisotopic (exact) mass is 115 g/mol. The summed E-state index contributed by atoms with van der Waals surface area (Å²) in [6, 6.07) is -0.657. The molecule has 1 rings (SSSR count). The van der Waals surface area contributed by atoms with E-state index in [-0.39, 0.29) is 0 Å². The molecule has 1 aliphatic heterocycles. The van der Waals surface area contributed by atoms with Gasteiger partial charge in [0.2, 0.25) is 0 Å². The number of carbonyl (C=O) groups is 2. The van der Waals surface area contributed by atoms with Gasteiger partial charge in [0.05, 0.1) is 7.05 Å². The standard InChI is InChI=1S/C3H3N2O3/c1-5-2(6)4-3(7)8-5/h1H3. The van der Waals surface area contributed by atoms with Crippen LogP contribution >= 0.6 is 0 Å². The van der Waals surface area contributed by atoms with Gasteiger partial charge in [-0.15, -0.1) is 5.32 Å². The average molecular weight is 115 g/mol. The van der Waals surface area contributed by atoms with Crippen molar-refractivity contribution in [2.45, 2.75) is 0 Å². The van der Waals surface area contributed by atoms with E-state index in [1.807, 2.05) is 0 Å². The molecule has 0 atom stereocenters. The molecule has 0 unspecified atom stereocenters. The fourth-order valence-corrected chi connectivity index (χ4v) is 0.325. The SMILES string of the molecule is CN1OC(=O)[N]C1=O. The summed E-state index contributed by atoms with van der Waals surface area (Å²) >= 11 is 0. The van der Waals surface area contributed by atoms with Crippen LogP contribution in [-0.2, 0) is 4.84 Å². The van der Waals surface area contributed by atoms with Gasteiger partial charge in [-0.1, -0.05) is 0 Å². The lowest BCUT2D eigenvalue weighted by atomic mass is 10.9. The Bertz CT molecular complexity index is 143. The first-order valence-corrected chi connectivity index (χ1v) is 1.91. The average Bonchev–Trinajstić information content (AvgIpc) is 1.85. The lowest BCUT2D eigenvalue weighted by Gasteiger charge is -1.98. The molecule has 5 nitrogen and oxygen atoms in total. The molecule has 1 radical (unpaired) electrons. The molecular formula is C3H3N2O3. The van der Waals surface area contributed by atoms with E-state index < -0.39 is 12.1 Å². The van der Waals surface area contributed by atoms with Crippen LogP contribution in [0.1, 0.15) is 0 Å².